The van der Waals surface area contributed by atoms with Gasteiger partial charge in [-0.15, -0.1) is 0 Å². The summed E-state index contributed by atoms with van der Waals surface area (Å²) in [6, 6.07) is 7.87. The molecule has 0 aliphatic carbocycles. The first kappa shape index (κ1) is 24.9. The molecule has 6 aliphatic rings. The highest BCUT2D eigenvalue weighted by Gasteiger charge is 2.40. The number of nitrogens with one attached hydrogen (secondary N) is 2. The summed E-state index contributed by atoms with van der Waals surface area (Å²) in [6.45, 7) is 9.76. The van der Waals surface area contributed by atoms with Gasteiger partial charge in [-0.1, -0.05) is 18.2 Å². The summed E-state index contributed by atoms with van der Waals surface area (Å²) < 4.78 is 14.0. The fraction of sp³-hybridized carbons (Fsp3) is 0.500. The summed E-state index contributed by atoms with van der Waals surface area (Å²) in [5.74, 6) is 0.760. The lowest BCUT2D eigenvalue weighted by Crippen LogP contribution is -2.66. The molecular weight excluding hydrogens is 491 g/mol. The fourth-order valence-corrected chi connectivity index (χ4v) is 6.84. The summed E-state index contributed by atoms with van der Waals surface area (Å²) in [5.41, 5.74) is 2.93. The van der Waals surface area contributed by atoms with Gasteiger partial charge in [-0.3, -0.25) is 9.80 Å². The smallest absolute Gasteiger partial charge is 0.149 e. The number of benzene rings is 1. The predicted octanol–water partition coefficient (Wildman–Crippen LogP) is 2.61. The quantitative estimate of drug-likeness (QED) is 0.621. The fourth-order valence-electron chi connectivity index (χ4n) is 6.84. The number of allylic oxidation sites excluding steroid dienone is 2. The molecule has 1 aromatic carbocycles. The van der Waals surface area contributed by atoms with E-state index in [0.717, 1.165) is 81.4 Å². The number of dihydropyridines is 1. The van der Waals surface area contributed by atoms with Crippen LogP contribution in [0, 0.1) is 5.82 Å². The minimum atomic E-state index is -0.249. The van der Waals surface area contributed by atoms with E-state index in [0.29, 0.717) is 6.04 Å². The van der Waals surface area contributed by atoms with Gasteiger partial charge in [0.05, 0.1) is 11.7 Å². The molecule has 0 spiro atoms. The molecular formula is C30H39FN8. The van der Waals surface area contributed by atoms with Gasteiger partial charge in [-0.2, -0.15) is 5.10 Å². The van der Waals surface area contributed by atoms with Crippen LogP contribution in [0.15, 0.2) is 77.3 Å². The van der Waals surface area contributed by atoms with Crippen LogP contribution >= 0.6 is 0 Å². The summed E-state index contributed by atoms with van der Waals surface area (Å²) in [4.78, 5) is 9.74. The topological polar surface area (TPSA) is 52.6 Å². The maximum atomic E-state index is 14.0. The molecule has 0 saturated carbocycles. The maximum Gasteiger partial charge on any atom is 0.149 e. The van der Waals surface area contributed by atoms with Crippen LogP contribution in [0.4, 0.5) is 4.39 Å². The number of amidine groups is 1. The monoisotopic (exact) mass is 530 g/mol. The minimum Gasteiger partial charge on any atom is -0.362 e. The maximum absolute atomic E-state index is 14.0. The Labute approximate surface area is 230 Å². The second kappa shape index (κ2) is 9.80. The lowest BCUT2D eigenvalue weighted by molar-refractivity contribution is 0.0239. The molecule has 2 N–H and O–H groups in total. The molecule has 0 radical (unpaired) electrons. The highest BCUT2D eigenvalue weighted by atomic mass is 19.1. The van der Waals surface area contributed by atoms with Crippen LogP contribution in [0.25, 0.3) is 0 Å². The Morgan fingerprint density at radius 2 is 1.95 bits per heavy atom. The normalized spacial score (nSPS) is 31.6. The molecule has 6 heterocycles. The molecule has 1 aromatic rings. The lowest BCUT2D eigenvalue weighted by atomic mass is 10.0. The van der Waals surface area contributed by atoms with Gasteiger partial charge in [0.25, 0.3) is 0 Å². The van der Waals surface area contributed by atoms with Crippen molar-refractivity contribution in [3.8, 4) is 0 Å². The largest absolute Gasteiger partial charge is 0.362 e. The molecule has 3 unspecified atom stereocenters. The van der Waals surface area contributed by atoms with Crippen LogP contribution in [0.5, 0.6) is 0 Å². The number of hydrazone groups is 1. The molecule has 3 fully saturated rings. The minimum absolute atomic E-state index is 0.0402. The van der Waals surface area contributed by atoms with Crippen molar-refractivity contribution in [2.75, 3.05) is 52.9 Å². The first-order valence-corrected chi connectivity index (χ1v) is 14.4. The third-order valence-electron chi connectivity index (χ3n) is 9.24. The Morgan fingerprint density at radius 1 is 1.10 bits per heavy atom. The van der Waals surface area contributed by atoms with Crippen molar-refractivity contribution >= 4 is 5.84 Å². The van der Waals surface area contributed by atoms with Gasteiger partial charge < -0.3 is 20.4 Å². The van der Waals surface area contributed by atoms with E-state index in [4.69, 9.17) is 5.10 Å². The van der Waals surface area contributed by atoms with E-state index in [2.05, 4.69) is 85.8 Å². The van der Waals surface area contributed by atoms with E-state index >= 15 is 0 Å². The van der Waals surface area contributed by atoms with Crippen molar-refractivity contribution in [3.63, 3.8) is 0 Å². The lowest BCUT2D eigenvalue weighted by Gasteiger charge is -2.49. The Balaban J connectivity index is 1.09. The Bertz CT molecular complexity index is 1260. The van der Waals surface area contributed by atoms with Gasteiger partial charge >= 0.3 is 0 Å². The number of hydrogen-bond acceptors (Lipinski definition) is 8. The molecule has 0 amide bonds. The van der Waals surface area contributed by atoms with Gasteiger partial charge in [-0.05, 0) is 61.8 Å². The average molecular weight is 531 g/mol. The van der Waals surface area contributed by atoms with E-state index in [1.807, 2.05) is 12.1 Å². The number of fused-ring (bicyclic) bond motifs is 1. The average Bonchev–Trinajstić information content (AvgIpc) is 3.53. The zero-order chi connectivity index (χ0) is 26.6. The Kier molecular flexibility index (Phi) is 6.25. The van der Waals surface area contributed by atoms with Crippen molar-refractivity contribution in [1.82, 2.24) is 35.2 Å². The number of nitrogens with zero attached hydrogens (tertiary/aromatic N) is 6. The van der Waals surface area contributed by atoms with Crippen molar-refractivity contribution in [1.29, 1.82) is 0 Å². The van der Waals surface area contributed by atoms with Gasteiger partial charge in [0.1, 0.15) is 29.2 Å². The third-order valence-corrected chi connectivity index (χ3v) is 9.24. The van der Waals surface area contributed by atoms with Crippen LogP contribution in [0.2, 0.25) is 0 Å². The highest BCUT2D eigenvalue weighted by Crippen LogP contribution is 2.37. The molecule has 0 bridgehead atoms. The molecule has 0 aromatic heterocycles. The molecule has 9 heteroatoms. The van der Waals surface area contributed by atoms with Crippen molar-refractivity contribution < 1.29 is 4.39 Å². The Morgan fingerprint density at radius 3 is 2.72 bits per heavy atom. The van der Waals surface area contributed by atoms with Crippen LogP contribution in [-0.4, -0.2) is 101 Å². The first-order chi connectivity index (χ1) is 19.0. The third kappa shape index (κ3) is 4.46. The molecule has 39 heavy (non-hydrogen) atoms. The standard InChI is InChI=1S/C30H39FN8/c1-30(37-16-14-36(15-17-37)24-19-32-20-24)12-4-8-25(33-30)27-21-35(2)29-11-10-28(34-39(27)29)38-13-5-9-26(38)22-6-3-7-23(31)18-22/h3-4,6-8,10-12,18,21,24,26,29,32-33H,5,9,13-17,19-20H2,1-2H3. The van der Waals surface area contributed by atoms with Gasteiger partial charge in [0.2, 0.25) is 0 Å². The number of likely N-dealkylation sites (N-methyl/N-ethyl adjacent to an activating group) is 1. The number of likely N-dealkylation sites (tertiary alicyclic amines) is 1. The number of halogens is 1. The summed E-state index contributed by atoms with van der Waals surface area (Å²) in [5, 5.41) is 14.6. The van der Waals surface area contributed by atoms with Gasteiger partial charge in [-0.25, -0.2) is 9.40 Å². The van der Waals surface area contributed by atoms with Gasteiger partial charge in [0.15, 0.2) is 0 Å². The molecule has 206 valence electrons. The molecule has 6 aliphatic heterocycles. The van der Waals surface area contributed by atoms with Crippen molar-refractivity contribution in [2.45, 2.75) is 43.7 Å². The molecule has 3 atom stereocenters. The molecule has 3 saturated heterocycles. The van der Waals surface area contributed by atoms with E-state index in [1.165, 1.54) is 6.07 Å². The summed E-state index contributed by atoms with van der Waals surface area (Å²) >= 11 is 0. The zero-order valence-electron chi connectivity index (χ0n) is 22.9. The second-order valence-corrected chi connectivity index (χ2v) is 11.7. The van der Waals surface area contributed by atoms with Crippen LogP contribution in [0.1, 0.15) is 31.4 Å². The van der Waals surface area contributed by atoms with E-state index < -0.39 is 0 Å². The van der Waals surface area contributed by atoms with Crippen LogP contribution < -0.4 is 10.6 Å². The SMILES string of the molecule is CN1C=C(C2=CC=CC(C)(N3CCN(C4CNC4)CC3)N2)N2N=C(N3CCCC3c3cccc(F)c3)C=CC12. The van der Waals surface area contributed by atoms with Gasteiger partial charge in [0, 0.05) is 65.1 Å². The van der Waals surface area contributed by atoms with Crippen molar-refractivity contribution in [2.24, 2.45) is 5.10 Å². The van der Waals surface area contributed by atoms with E-state index in [9.17, 15) is 4.39 Å². The number of hydrogen-bond donors (Lipinski definition) is 2. The van der Waals surface area contributed by atoms with E-state index in [1.54, 1.807) is 6.07 Å². The summed E-state index contributed by atoms with van der Waals surface area (Å²) in [7, 11) is 2.11. The summed E-state index contributed by atoms with van der Waals surface area (Å²) in [6.07, 6.45) is 15.3. The molecule has 7 rings (SSSR count). The Hall–Kier alpha value is -3.14. The first-order valence-electron chi connectivity index (χ1n) is 14.4. The highest BCUT2D eigenvalue weighted by molar-refractivity contribution is 5.94. The van der Waals surface area contributed by atoms with Crippen LogP contribution in [-0.2, 0) is 0 Å². The number of rotatable bonds is 4. The van der Waals surface area contributed by atoms with E-state index in [-0.39, 0.29) is 23.7 Å². The molecule has 8 nitrogen and oxygen atoms in total. The van der Waals surface area contributed by atoms with Crippen LogP contribution in [0.3, 0.4) is 0 Å². The van der Waals surface area contributed by atoms with Crippen molar-refractivity contribution in [3.05, 3.63) is 83.6 Å². The number of piperazine rings is 1. The zero-order valence-corrected chi connectivity index (χ0v) is 22.9. The predicted molar refractivity (Wildman–Crippen MR) is 152 cm³/mol. The second-order valence-electron chi connectivity index (χ2n) is 11.7.